The van der Waals surface area contributed by atoms with E-state index in [2.05, 4.69) is 5.32 Å². The Hall–Kier alpha value is -2.40. The van der Waals surface area contributed by atoms with Crippen molar-refractivity contribution in [1.29, 1.82) is 0 Å². The minimum atomic E-state index is -0.336. The largest absolute Gasteiger partial charge is 0.492 e. The average Bonchev–Trinajstić information content (AvgIpc) is 2.41. The molecule has 5 N–H and O–H groups in total. The monoisotopic (exact) mass is 305 g/mol. The molecule has 0 aliphatic rings. The van der Waals surface area contributed by atoms with E-state index >= 15 is 0 Å². The summed E-state index contributed by atoms with van der Waals surface area (Å²) in [5.74, 6) is 0.212. The van der Waals surface area contributed by atoms with Gasteiger partial charge < -0.3 is 21.5 Å². The minimum absolute atomic E-state index is 0.336. The summed E-state index contributed by atoms with van der Waals surface area (Å²) in [4.78, 5) is 12.3. The molecule has 0 fully saturated rings. The summed E-state index contributed by atoms with van der Waals surface area (Å²) in [5.41, 5.74) is 13.1. The smallest absolute Gasteiger partial charge is 0.255 e. The normalized spacial score (nSPS) is 10.2. The van der Waals surface area contributed by atoms with Crippen LogP contribution in [0.15, 0.2) is 36.4 Å². The molecule has 2 aromatic rings. The Labute approximate surface area is 127 Å². The summed E-state index contributed by atoms with van der Waals surface area (Å²) >= 11 is 5.95. The van der Waals surface area contributed by atoms with Crippen molar-refractivity contribution >= 4 is 34.6 Å². The van der Waals surface area contributed by atoms with Crippen molar-refractivity contribution in [2.75, 3.05) is 23.4 Å². The topological polar surface area (TPSA) is 90.4 Å². The highest BCUT2D eigenvalue weighted by molar-refractivity contribution is 6.31. The van der Waals surface area contributed by atoms with Crippen molar-refractivity contribution in [3.63, 3.8) is 0 Å². The summed E-state index contributed by atoms with van der Waals surface area (Å²) in [5, 5.41) is 3.25. The molecule has 6 heteroatoms. The molecule has 5 nitrogen and oxygen atoms in total. The third kappa shape index (κ3) is 3.79. The van der Waals surface area contributed by atoms with Crippen molar-refractivity contribution in [2.45, 2.75) is 6.92 Å². The molecule has 0 atom stereocenters. The van der Waals surface area contributed by atoms with Crippen molar-refractivity contribution in [3.05, 3.63) is 47.0 Å². The summed E-state index contributed by atoms with van der Waals surface area (Å²) < 4.78 is 5.45. The van der Waals surface area contributed by atoms with Gasteiger partial charge in [0.1, 0.15) is 5.75 Å². The van der Waals surface area contributed by atoms with Crippen LogP contribution in [0.5, 0.6) is 5.75 Å². The van der Waals surface area contributed by atoms with E-state index in [4.69, 9.17) is 27.8 Å². The number of hydrogen-bond acceptors (Lipinski definition) is 4. The zero-order chi connectivity index (χ0) is 15.4. The molecule has 0 saturated heterocycles. The van der Waals surface area contributed by atoms with Gasteiger partial charge in [-0.25, -0.2) is 0 Å². The highest BCUT2D eigenvalue weighted by Gasteiger charge is 2.11. The third-order valence-electron chi connectivity index (χ3n) is 2.73. The number of amides is 1. The van der Waals surface area contributed by atoms with E-state index < -0.39 is 0 Å². The van der Waals surface area contributed by atoms with E-state index in [9.17, 15) is 4.79 Å². The first-order chi connectivity index (χ1) is 9.99. The lowest BCUT2D eigenvalue weighted by Crippen LogP contribution is -2.13. The molecular weight excluding hydrogens is 290 g/mol. The van der Waals surface area contributed by atoms with E-state index in [0.717, 1.165) is 0 Å². The average molecular weight is 306 g/mol. The van der Waals surface area contributed by atoms with Crippen LogP contribution in [-0.4, -0.2) is 12.5 Å². The van der Waals surface area contributed by atoms with Crippen molar-refractivity contribution < 1.29 is 9.53 Å². The number of nitrogens with one attached hydrogen (secondary N) is 1. The van der Waals surface area contributed by atoms with Crippen molar-refractivity contribution in [2.24, 2.45) is 0 Å². The molecule has 0 aromatic heterocycles. The second-order valence-corrected chi connectivity index (χ2v) is 4.85. The molecule has 21 heavy (non-hydrogen) atoms. The zero-order valence-electron chi connectivity index (χ0n) is 11.5. The first-order valence-corrected chi connectivity index (χ1v) is 6.77. The fourth-order valence-electron chi connectivity index (χ4n) is 1.88. The van der Waals surface area contributed by atoms with Gasteiger partial charge in [-0.15, -0.1) is 0 Å². The molecule has 0 spiro atoms. The van der Waals surface area contributed by atoms with Crippen LogP contribution in [0.25, 0.3) is 0 Å². The fraction of sp³-hybridized carbons (Fsp3) is 0.133. The van der Waals surface area contributed by atoms with Crippen molar-refractivity contribution in [1.82, 2.24) is 0 Å². The lowest BCUT2D eigenvalue weighted by Gasteiger charge is -2.12. The number of anilines is 3. The molecule has 0 heterocycles. The standard InChI is InChI=1S/C15H16ClN3O2/c1-2-21-14-4-3-10(16)7-13(14)19-15(20)9-5-11(17)8-12(18)6-9/h3-8H,2,17-18H2,1H3,(H,19,20). The fourth-order valence-corrected chi connectivity index (χ4v) is 2.06. The van der Waals surface area contributed by atoms with E-state index in [0.29, 0.717) is 40.0 Å². The molecule has 110 valence electrons. The maximum atomic E-state index is 12.3. The Morgan fingerprint density at radius 3 is 2.48 bits per heavy atom. The van der Waals surface area contributed by atoms with Crippen molar-refractivity contribution in [3.8, 4) is 5.75 Å². The first kappa shape index (κ1) is 15.0. The molecule has 0 saturated carbocycles. The number of nitrogen functional groups attached to an aromatic ring is 2. The number of rotatable bonds is 4. The predicted octanol–water partition coefficient (Wildman–Crippen LogP) is 3.16. The Morgan fingerprint density at radius 2 is 1.86 bits per heavy atom. The Bertz CT molecular complexity index is 654. The van der Waals surface area contributed by atoms with E-state index in [-0.39, 0.29) is 5.91 Å². The van der Waals surface area contributed by atoms with Crippen LogP contribution in [0.3, 0.4) is 0 Å². The second-order valence-electron chi connectivity index (χ2n) is 4.42. The van der Waals surface area contributed by atoms with Gasteiger partial charge in [0.15, 0.2) is 0 Å². The van der Waals surface area contributed by atoms with Crippen LogP contribution in [0.4, 0.5) is 17.1 Å². The van der Waals surface area contributed by atoms with Gasteiger partial charge in [0.05, 0.1) is 12.3 Å². The Kier molecular flexibility index (Phi) is 4.55. The molecule has 2 aromatic carbocycles. The molecule has 0 aliphatic carbocycles. The van der Waals surface area contributed by atoms with Crippen LogP contribution in [0, 0.1) is 0 Å². The summed E-state index contributed by atoms with van der Waals surface area (Å²) in [6, 6.07) is 9.71. The first-order valence-electron chi connectivity index (χ1n) is 6.39. The van der Waals surface area contributed by atoms with Gasteiger partial charge in [-0.3, -0.25) is 4.79 Å². The maximum absolute atomic E-state index is 12.3. The zero-order valence-corrected chi connectivity index (χ0v) is 12.3. The maximum Gasteiger partial charge on any atom is 0.255 e. The second kappa shape index (κ2) is 6.37. The highest BCUT2D eigenvalue weighted by atomic mass is 35.5. The molecular formula is C15H16ClN3O2. The molecule has 0 radical (unpaired) electrons. The van der Waals surface area contributed by atoms with Crippen LogP contribution >= 0.6 is 11.6 Å². The number of benzene rings is 2. The molecule has 1 amide bonds. The van der Waals surface area contributed by atoms with Crippen LogP contribution < -0.4 is 21.5 Å². The Morgan fingerprint density at radius 1 is 1.19 bits per heavy atom. The van der Waals surface area contributed by atoms with Crippen LogP contribution in [0.2, 0.25) is 5.02 Å². The predicted molar refractivity (Wildman–Crippen MR) is 85.8 cm³/mol. The lowest BCUT2D eigenvalue weighted by atomic mass is 10.1. The molecule has 0 bridgehead atoms. The van der Waals surface area contributed by atoms with Crippen LogP contribution in [0.1, 0.15) is 17.3 Å². The number of halogens is 1. The summed E-state index contributed by atoms with van der Waals surface area (Å²) in [7, 11) is 0. The van der Waals surface area contributed by atoms with Gasteiger partial charge in [0.25, 0.3) is 5.91 Å². The number of carbonyl (C=O) groups excluding carboxylic acids is 1. The number of ether oxygens (including phenoxy) is 1. The lowest BCUT2D eigenvalue weighted by molar-refractivity contribution is 0.102. The van der Waals surface area contributed by atoms with E-state index in [1.807, 2.05) is 6.92 Å². The number of carbonyl (C=O) groups is 1. The van der Waals surface area contributed by atoms with Crippen LogP contribution in [-0.2, 0) is 0 Å². The molecule has 0 unspecified atom stereocenters. The van der Waals surface area contributed by atoms with Gasteiger partial charge in [0, 0.05) is 22.0 Å². The van der Waals surface area contributed by atoms with E-state index in [1.54, 1.807) is 36.4 Å². The highest BCUT2D eigenvalue weighted by Crippen LogP contribution is 2.28. The SMILES string of the molecule is CCOc1ccc(Cl)cc1NC(=O)c1cc(N)cc(N)c1. The number of nitrogens with two attached hydrogens (primary N) is 2. The van der Waals surface area contributed by atoms with Gasteiger partial charge in [-0.05, 0) is 43.3 Å². The van der Waals surface area contributed by atoms with E-state index in [1.165, 1.54) is 0 Å². The Balaban J connectivity index is 2.28. The summed E-state index contributed by atoms with van der Waals surface area (Å²) in [6.07, 6.45) is 0. The number of hydrogen-bond donors (Lipinski definition) is 3. The van der Waals surface area contributed by atoms with Gasteiger partial charge >= 0.3 is 0 Å². The van der Waals surface area contributed by atoms with Gasteiger partial charge in [-0.1, -0.05) is 11.6 Å². The third-order valence-corrected chi connectivity index (χ3v) is 2.96. The van der Waals surface area contributed by atoms with Gasteiger partial charge in [0.2, 0.25) is 0 Å². The summed E-state index contributed by atoms with van der Waals surface area (Å²) in [6.45, 7) is 2.34. The minimum Gasteiger partial charge on any atom is -0.492 e. The molecule has 0 aliphatic heterocycles. The quantitative estimate of drug-likeness (QED) is 0.757. The van der Waals surface area contributed by atoms with Gasteiger partial charge in [-0.2, -0.15) is 0 Å². The molecule has 2 rings (SSSR count).